The summed E-state index contributed by atoms with van der Waals surface area (Å²) in [5, 5.41) is 11.9. The first-order chi connectivity index (χ1) is 9.56. The van der Waals surface area contributed by atoms with Crippen molar-refractivity contribution in [1.29, 1.82) is 0 Å². The molecule has 2 fully saturated rings. The molecule has 1 amide bonds. The monoisotopic (exact) mass is 284 g/mol. The fourth-order valence-corrected chi connectivity index (χ4v) is 3.05. The summed E-state index contributed by atoms with van der Waals surface area (Å²) in [6.07, 6.45) is 3.27. The number of hydrogen-bond acceptors (Lipinski definition) is 4. The highest BCUT2D eigenvalue weighted by Gasteiger charge is 2.31. The average molecular weight is 284 g/mol. The molecule has 0 aromatic rings. The van der Waals surface area contributed by atoms with Gasteiger partial charge < -0.3 is 20.1 Å². The third kappa shape index (κ3) is 4.18. The van der Waals surface area contributed by atoms with Gasteiger partial charge >= 0.3 is 5.97 Å². The number of rotatable bonds is 4. The minimum absolute atomic E-state index is 0.0258. The number of nitrogens with zero attached hydrogens (tertiary/aromatic N) is 1. The van der Waals surface area contributed by atoms with Gasteiger partial charge in [0.1, 0.15) is 6.61 Å². The number of amides is 1. The van der Waals surface area contributed by atoms with Crippen LogP contribution in [-0.2, 0) is 14.3 Å². The van der Waals surface area contributed by atoms with Gasteiger partial charge in [-0.05, 0) is 39.2 Å². The molecule has 114 valence electrons. The minimum atomic E-state index is -0.938. The maximum atomic E-state index is 12.4. The van der Waals surface area contributed by atoms with Gasteiger partial charge in [-0.25, -0.2) is 4.79 Å². The number of likely N-dealkylation sites (tertiary alicyclic amines) is 1. The zero-order chi connectivity index (χ0) is 14.5. The summed E-state index contributed by atoms with van der Waals surface area (Å²) < 4.78 is 5.29. The maximum Gasteiger partial charge on any atom is 0.329 e. The lowest BCUT2D eigenvalue weighted by Gasteiger charge is -2.36. The number of carboxylic acid groups (broad SMARTS) is 1. The lowest BCUT2D eigenvalue weighted by molar-refractivity contribution is -0.147. The van der Waals surface area contributed by atoms with Crippen LogP contribution in [0.4, 0.5) is 0 Å². The van der Waals surface area contributed by atoms with Crippen LogP contribution in [0.15, 0.2) is 0 Å². The fourth-order valence-electron chi connectivity index (χ4n) is 3.05. The SMILES string of the molecule is CC1CC(C(=O)N2CCC(OCC(=O)O)CC2)CCN1. The number of carbonyl (C=O) groups is 2. The van der Waals surface area contributed by atoms with Gasteiger partial charge in [0, 0.05) is 25.0 Å². The van der Waals surface area contributed by atoms with E-state index in [1.54, 1.807) is 0 Å². The first kappa shape index (κ1) is 15.3. The van der Waals surface area contributed by atoms with Gasteiger partial charge in [0.05, 0.1) is 6.10 Å². The Hall–Kier alpha value is -1.14. The summed E-state index contributed by atoms with van der Waals surface area (Å²) in [6.45, 7) is 4.15. The van der Waals surface area contributed by atoms with Crippen LogP contribution in [0.1, 0.15) is 32.6 Å². The molecule has 0 aliphatic carbocycles. The van der Waals surface area contributed by atoms with E-state index in [0.29, 0.717) is 19.1 Å². The first-order valence-corrected chi connectivity index (χ1v) is 7.42. The highest BCUT2D eigenvalue weighted by Crippen LogP contribution is 2.22. The van der Waals surface area contributed by atoms with Crippen LogP contribution in [0.5, 0.6) is 0 Å². The number of piperidine rings is 2. The second-order valence-corrected chi connectivity index (χ2v) is 5.81. The van der Waals surface area contributed by atoms with Gasteiger partial charge in [-0.2, -0.15) is 0 Å². The van der Waals surface area contributed by atoms with E-state index in [2.05, 4.69) is 12.2 Å². The standard InChI is InChI=1S/C14H24N2O4/c1-10-8-11(2-5-15-10)14(19)16-6-3-12(4-7-16)20-9-13(17)18/h10-12,15H,2-9H2,1H3,(H,17,18). The Kier molecular flexibility index (Phi) is 5.37. The molecule has 0 saturated carbocycles. The number of ether oxygens (including phenoxy) is 1. The van der Waals surface area contributed by atoms with Crippen LogP contribution >= 0.6 is 0 Å². The molecule has 0 aromatic carbocycles. The molecule has 2 aliphatic rings. The fraction of sp³-hybridized carbons (Fsp3) is 0.857. The second kappa shape index (κ2) is 7.04. The Bertz CT molecular complexity index is 353. The van der Waals surface area contributed by atoms with E-state index in [1.165, 1.54) is 0 Å². The third-order valence-electron chi connectivity index (χ3n) is 4.17. The largest absolute Gasteiger partial charge is 0.480 e. The number of nitrogens with one attached hydrogen (secondary N) is 1. The molecule has 2 unspecified atom stereocenters. The van der Waals surface area contributed by atoms with Crippen molar-refractivity contribution in [2.24, 2.45) is 5.92 Å². The van der Waals surface area contributed by atoms with Gasteiger partial charge in [-0.1, -0.05) is 0 Å². The molecule has 2 aliphatic heterocycles. The number of carboxylic acids is 1. The summed E-state index contributed by atoms with van der Waals surface area (Å²) in [6, 6.07) is 0.411. The van der Waals surface area contributed by atoms with Crippen LogP contribution < -0.4 is 5.32 Å². The lowest BCUT2D eigenvalue weighted by atomic mass is 9.91. The van der Waals surface area contributed by atoms with E-state index < -0.39 is 5.97 Å². The molecular formula is C14H24N2O4. The Balaban J connectivity index is 1.75. The Morgan fingerprint density at radius 2 is 2.00 bits per heavy atom. The third-order valence-corrected chi connectivity index (χ3v) is 4.17. The molecule has 0 aromatic heterocycles. The lowest BCUT2D eigenvalue weighted by Crippen LogP contribution is -2.47. The molecule has 2 saturated heterocycles. The molecule has 20 heavy (non-hydrogen) atoms. The number of carbonyl (C=O) groups excluding carboxylic acids is 1. The summed E-state index contributed by atoms with van der Waals surface area (Å²) in [4.78, 5) is 24.8. The summed E-state index contributed by atoms with van der Waals surface area (Å²) in [7, 11) is 0. The maximum absolute atomic E-state index is 12.4. The van der Waals surface area contributed by atoms with Crippen molar-refractivity contribution < 1.29 is 19.4 Å². The van der Waals surface area contributed by atoms with E-state index in [0.717, 1.165) is 32.2 Å². The van der Waals surface area contributed by atoms with Crippen LogP contribution in [-0.4, -0.2) is 60.3 Å². The molecule has 2 N–H and O–H groups in total. The molecular weight excluding hydrogens is 260 g/mol. The van der Waals surface area contributed by atoms with Crippen LogP contribution in [0.3, 0.4) is 0 Å². The van der Waals surface area contributed by atoms with E-state index in [-0.39, 0.29) is 24.5 Å². The van der Waals surface area contributed by atoms with Gasteiger partial charge in [0.15, 0.2) is 0 Å². The molecule has 0 radical (unpaired) electrons. The van der Waals surface area contributed by atoms with Gasteiger partial charge in [-0.3, -0.25) is 4.79 Å². The molecule has 0 bridgehead atoms. The molecule has 2 rings (SSSR count). The van der Waals surface area contributed by atoms with Crippen molar-refractivity contribution >= 4 is 11.9 Å². The quantitative estimate of drug-likeness (QED) is 0.784. The van der Waals surface area contributed by atoms with Crippen LogP contribution in [0.25, 0.3) is 0 Å². The number of aliphatic carboxylic acids is 1. The zero-order valence-corrected chi connectivity index (χ0v) is 12.0. The Labute approximate surface area is 119 Å². The predicted octanol–water partition coefficient (Wildman–Crippen LogP) is 0.467. The van der Waals surface area contributed by atoms with Crippen molar-refractivity contribution in [3.63, 3.8) is 0 Å². The zero-order valence-electron chi connectivity index (χ0n) is 12.0. The molecule has 6 heteroatoms. The van der Waals surface area contributed by atoms with Crippen molar-refractivity contribution in [3.8, 4) is 0 Å². The molecule has 2 heterocycles. The van der Waals surface area contributed by atoms with Gasteiger partial charge in [-0.15, -0.1) is 0 Å². The van der Waals surface area contributed by atoms with E-state index in [1.807, 2.05) is 4.90 Å². The van der Waals surface area contributed by atoms with Crippen molar-refractivity contribution in [3.05, 3.63) is 0 Å². The Morgan fingerprint density at radius 1 is 1.30 bits per heavy atom. The number of hydrogen-bond donors (Lipinski definition) is 2. The van der Waals surface area contributed by atoms with E-state index in [9.17, 15) is 9.59 Å². The van der Waals surface area contributed by atoms with Crippen LogP contribution in [0.2, 0.25) is 0 Å². The van der Waals surface area contributed by atoms with Gasteiger partial charge in [0.2, 0.25) is 5.91 Å². The summed E-state index contributed by atoms with van der Waals surface area (Å²) in [5.74, 6) is -0.537. The Morgan fingerprint density at radius 3 is 2.60 bits per heavy atom. The van der Waals surface area contributed by atoms with Crippen LogP contribution in [0, 0.1) is 5.92 Å². The average Bonchev–Trinajstić information content (AvgIpc) is 2.45. The minimum Gasteiger partial charge on any atom is -0.480 e. The van der Waals surface area contributed by atoms with Crippen molar-refractivity contribution in [2.45, 2.75) is 44.8 Å². The van der Waals surface area contributed by atoms with E-state index >= 15 is 0 Å². The highest BCUT2D eigenvalue weighted by molar-refractivity contribution is 5.79. The predicted molar refractivity (Wildman–Crippen MR) is 73.4 cm³/mol. The second-order valence-electron chi connectivity index (χ2n) is 5.81. The van der Waals surface area contributed by atoms with Gasteiger partial charge in [0.25, 0.3) is 0 Å². The smallest absolute Gasteiger partial charge is 0.329 e. The molecule has 2 atom stereocenters. The van der Waals surface area contributed by atoms with E-state index in [4.69, 9.17) is 9.84 Å². The van der Waals surface area contributed by atoms with Crippen molar-refractivity contribution in [2.75, 3.05) is 26.2 Å². The molecule has 0 spiro atoms. The molecule has 6 nitrogen and oxygen atoms in total. The summed E-state index contributed by atoms with van der Waals surface area (Å²) >= 11 is 0. The topological polar surface area (TPSA) is 78.9 Å². The highest BCUT2D eigenvalue weighted by atomic mass is 16.5. The normalized spacial score (nSPS) is 28.4. The summed E-state index contributed by atoms with van der Waals surface area (Å²) in [5.41, 5.74) is 0. The van der Waals surface area contributed by atoms with Crippen molar-refractivity contribution in [1.82, 2.24) is 10.2 Å². The first-order valence-electron chi connectivity index (χ1n) is 7.42.